The topological polar surface area (TPSA) is 96.6 Å². The first-order valence-corrected chi connectivity index (χ1v) is 13.7. The molecule has 2 heterocycles. The molecule has 33 heavy (non-hydrogen) atoms. The van der Waals surface area contributed by atoms with Crippen molar-refractivity contribution in [2.24, 2.45) is 0 Å². The molecule has 8 nitrogen and oxygen atoms in total. The lowest BCUT2D eigenvalue weighted by Crippen LogP contribution is -2.51. The zero-order valence-electron chi connectivity index (χ0n) is 19.8. The number of carbonyl (C=O) groups excluding carboxylic acids is 1. The lowest BCUT2D eigenvalue weighted by molar-refractivity contribution is 0.0698. The molecule has 1 aromatic carbocycles. The Morgan fingerprint density at radius 2 is 1.55 bits per heavy atom. The highest BCUT2D eigenvalue weighted by Crippen LogP contribution is 2.19. The number of amides is 1. The van der Waals surface area contributed by atoms with Crippen LogP contribution in [0.4, 0.5) is 0 Å². The Labute approximate surface area is 197 Å². The molecule has 0 unspecified atom stereocenters. The second kappa shape index (κ2) is 12.3. The molecule has 1 amide bonds. The number of aryl methyl sites for hydroxylation is 1. The van der Waals surface area contributed by atoms with Gasteiger partial charge in [-0.25, -0.2) is 8.42 Å². The third kappa shape index (κ3) is 7.37. The molecule has 1 saturated heterocycles. The molecule has 1 fully saturated rings. The molecule has 0 radical (unpaired) electrons. The summed E-state index contributed by atoms with van der Waals surface area (Å²) < 4.78 is 31.9. The van der Waals surface area contributed by atoms with Gasteiger partial charge in [0.1, 0.15) is 0 Å². The summed E-state index contributed by atoms with van der Waals surface area (Å²) in [5, 5.41) is 3.88. The molecular weight excluding hydrogens is 440 g/mol. The van der Waals surface area contributed by atoms with Crippen LogP contribution in [0, 0.1) is 6.92 Å². The minimum Gasteiger partial charge on any atom is -0.339 e. The molecule has 0 atom stereocenters. The Morgan fingerprint density at radius 3 is 2.12 bits per heavy atom. The van der Waals surface area contributed by atoms with Crippen molar-refractivity contribution in [3.8, 4) is 11.4 Å². The standard InChI is InChI=1S/C24H36N4O4S/c1-3-4-5-6-7-8-9-10-19-33(30,31)28-17-15-27(16-18-28)24(29)22-13-11-21(12-14-22)23-25-20(2)32-26-23/h11-14H,3-10,15-19H2,1-2H3. The van der Waals surface area contributed by atoms with E-state index in [-0.39, 0.29) is 11.7 Å². The predicted octanol–water partition coefficient (Wildman–Crippen LogP) is 4.27. The predicted molar refractivity (Wildman–Crippen MR) is 128 cm³/mol. The van der Waals surface area contributed by atoms with Crippen molar-refractivity contribution in [2.45, 2.75) is 65.2 Å². The van der Waals surface area contributed by atoms with E-state index in [4.69, 9.17) is 4.52 Å². The molecule has 1 aliphatic heterocycles. The highest BCUT2D eigenvalue weighted by molar-refractivity contribution is 7.89. The molecule has 0 bridgehead atoms. The summed E-state index contributed by atoms with van der Waals surface area (Å²) in [5.41, 5.74) is 1.34. The third-order valence-electron chi connectivity index (χ3n) is 6.09. The summed E-state index contributed by atoms with van der Waals surface area (Å²) in [6.45, 7) is 5.44. The number of nitrogens with zero attached hydrogens (tertiary/aromatic N) is 4. The third-order valence-corrected chi connectivity index (χ3v) is 8.05. The minimum atomic E-state index is -3.26. The number of rotatable bonds is 12. The van der Waals surface area contributed by atoms with Crippen molar-refractivity contribution in [3.63, 3.8) is 0 Å². The molecule has 0 spiro atoms. The van der Waals surface area contributed by atoms with E-state index in [0.717, 1.165) is 18.4 Å². The van der Waals surface area contributed by atoms with Crippen LogP contribution in [0.5, 0.6) is 0 Å². The molecule has 2 aromatic rings. The number of benzene rings is 1. The number of hydrogen-bond acceptors (Lipinski definition) is 6. The van der Waals surface area contributed by atoms with E-state index in [1.165, 1.54) is 32.1 Å². The quantitative estimate of drug-likeness (QED) is 0.424. The molecule has 1 aromatic heterocycles. The van der Waals surface area contributed by atoms with Gasteiger partial charge in [-0.3, -0.25) is 4.79 Å². The van der Waals surface area contributed by atoms with Gasteiger partial charge >= 0.3 is 0 Å². The molecule has 9 heteroatoms. The van der Waals surface area contributed by atoms with Gasteiger partial charge in [0.25, 0.3) is 5.91 Å². The number of sulfonamides is 1. The second-order valence-electron chi connectivity index (χ2n) is 8.70. The van der Waals surface area contributed by atoms with Crippen molar-refractivity contribution >= 4 is 15.9 Å². The van der Waals surface area contributed by atoms with Crippen LogP contribution in [0.2, 0.25) is 0 Å². The first kappa shape index (κ1) is 25.4. The summed E-state index contributed by atoms with van der Waals surface area (Å²) in [5.74, 6) is 1.08. The van der Waals surface area contributed by atoms with Crippen LogP contribution in [-0.2, 0) is 10.0 Å². The van der Waals surface area contributed by atoms with Gasteiger partial charge in [0.2, 0.25) is 21.7 Å². The van der Waals surface area contributed by atoms with Crippen molar-refractivity contribution in [3.05, 3.63) is 35.7 Å². The number of hydrogen-bond donors (Lipinski definition) is 0. The van der Waals surface area contributed by atoms with Gasteiger partial charge in [-0.05, 0) is 18.6 Å². The van der Waals surface area contributed by atoms with Crippen LogP contribution < -0.4 is 0 Å². The first-order chi connectivity index (χ1) is 15.9. The van der Waals surface area contributed by atoms with E-state index < -0.39 is 10.0 Å². The fourth-order valence-electron chi connectivity index (χ4n) is 4.08. The molecule has 0 N–H and O–H groups in total. The van der Waals surface area contributed by atoms with Crippen LogP contribution in [0.25, 0.3) is 11.4 Å². The Bertz CT molecular complexity index is 980. The molecule has 182 valence electrons. The normalized spacial score (nSPS) is 15.2. The van der Waals surface area contributed by atoms with Gasteiger partial charge in [0, 0.05) is 44.2 Å². The van der Waals surface area contributed by atoms with Gasteiger partial charge in [-0.1, -0.05) is 69.2 Å². The highest BCUT2D eigenvalue weighted by atomic mass is 32.2. The largest absolute Gasteiger partial charge is 0.339 e. The van der Waals surface area contributed by atoms with Crippen LogP contribution in [-0.4, -0.2) is 65.6 Å². The van der Waals surface area contributed by atoms with Crippen LogP contribution in [0.1, 0.15) is 74.5 Å². The van der Waals surface area contributed by atoms with E-state index >= 15 is 0 Å². The smallest absolute Gasteiger partial charge is 0.253 e. The fourth-order valence-corrected chi connectivity index (χ4v) is 5.62. The molecule has 3 rings (SSSR count). The lowest BCUT2D eigenvalue weighted by Gasteiger charge is -2.34. The van der Waals surface area contributed by atoms with E-state index in [1.54, 1.807) is 40.4 Å². The number of aromatic nitrogens is 2. The summed E-state index contributed by atoms with van der Waals surface area (Å²) >= 11 is 0. The Hall–Kier alpha value is -2.26. The van der Waals surface area contributed by atoms with Gasteiger partial charge in [0.05, 0.1) is 5.75 Å². The molecule has 0 saturated carbocycles. The summed E-state index contributed by atoms with van der Waals surface area (Å²) in [6.07, 6.45) is 9.02. The van der Waals surface area contributed by atoms with Crippen molar-refractivity contribution in [1.29, 1.82) is 0 Å². The van der Waals surface area contributed by atoms with Crippen molar-refractivity contribution < 1.29 is 17.7 Å². The van der Waals surface area contributed by atoms with Crippen LogP contribution in [0.3, 0.4) is 0 Å². The maximum atomic E-state index is 12.9. The maximum Gasteiger partial charge on any atom is 0.253 e. The van der Waals surface area contributed by atoms with Crippen LogP contribution in [0.15, 0.2) is 28.8 Å². The second-order valence-corrected chi connectivity index (χ2v) is 10.8. The Morgan fingerprint density at radius 1 is 0.939 bits per heavy atom. The van der Waals surface area contributed by atoms with E-state index in [1.807, 2.05) is 0 Å². The fraction of sp³-hybridized carbons (Fsp3) is 0.625. The van der Waals surface area contributed by atoms with Gasteiger partial charge in [-0.15, -0.1) is 0 Å². The van der Waals surface area contributed by atoms with Gasteiger partial charge in [0.15, 0.2) is 0 Å². The average Bonchev–Trinajstić information content (AvgIpc) is 3.27. The Kier molecular flexibility index (Phi) is 9.43. The molecular formula is C24H36N4O4S. The Balaban J connectivity index is 1.41. The summed E-state index contributed by atoms with van der Waals surface area (Å²) in [7, 11) is -3.26. The number of piperazine rings is 1. The van der Waals surface area contributed by atoms with Crippen LogP contribution >= 0.6 is 0 Å². The van der Waals surface area contributed by atoms with Gasteiger partial charge in [-0.2, -0.15) is 9.29 Å². The first-order valence-electron chi connectivity index (χ1n) is 12.1. The van der Waals surface area contributed by atoms with Crippen molar-refractivity contribution in [1.82, 2.24) is 19.3 Å². The van der Waals surface area contributed by atoms with E-state index in [0.29, 0.717) is 49.9 Å². The SMILES string of the molecule is CCCCCCCCCCS(=O)(=O)N1CCN(C(=O)c2ccc(-c3noc(C)n3)cc2)CC1. The van der Waals surface area contributed by atoms with E-state index in [2.05, 4.69) is 17.1 Å². The summed E-state index contributed by atoms with van der Waals surface area (Å²) in [6, 6.07) is 7.08. The van der Waals surface area contributed by atoms with Crippen molar-refractivity contribution in [2.75, 3.05) is 31.9 Å². The molecule has 1 aliphatic rings. The van der Waals surface area contributed by atoms with Gasteiger partial charge < -0.3 is 9.42 Å². The minimum absolute atomic E-state index is 0.0917. The highest BCUT2D eigenvalue weighted by Gasteiger charge is 2.28. The number of unbranched alkanes of at least 4 members (excludes halogenated alkanes) is 7. The summed E-state index contributed by atoms with van der Waals surface area (Å²) in [4.78, 5) is 18.8. The zero-order valence-corrected chi connectivity index (χ0v) is 20.6. The lowest BCUT2D eigenvalue weighted by atomic mass is 10.1. The number of carbonyl (C=O) groups is 1. The van der Waals surface area contributed by atoms with E-state index in [9.17, 15) is 13.2 Å². The monoisotopic (exact) mass is 476 g/mol. The maximum absolute atomic E-state index is 12.9. The molecule has 0 aliphatic carbocycles. The zero-order chi connectivity index (χ0) is 23.7. The average molecular weight is 477 g/mol.